The van der Waals surface area contributed by atoms with Crippen LogP contribution in [0.3, 0.4) is 0 Å². The van der Waals surface area contributed by atoms with E-state index in [1.807, 2.05) is 38.9 Å². The number of piperidine rings is 1. The molecule has 4 heterocycles. The van der Waals surface area contributed by atoms with E-state index in [-0.39, 0.29) is 23.9 Å². The van der Waals surface area contributed by atoms with Crippen molar-refractivity contribution >= 4 is 11.9 Å². The molecule has 4 rings (SSSR count). The molecule has 31 heavy (non-hydrogen) atoms. The Morgan fingerprint density at radius 3 is 2.77 bits per heavy atom. The van der Waals surface area contributed by atoms with Gasteiger partial charge in [0.25, 0.3) is 0 Å². The van der Waals surface area contributed by atoms with Gasteiger partial charge in [0, 0.05) is 76.5 Å². The van der Waals surface area contributed by atoms with Crippen molar-refractivity contribution in [2.45, 2.75) is 45.2 Å². The molecule has 8 nitrogen and oxygen atoms in total. The van der Waals surface area contributed by atoms with Crippen LogP contribution in [0.1, 0.15) is 49.9 Å². The van der Waals surface area contributed by atoms with Crippen molar-refractivity contribution in [3.8, 4) is 0 Å². The van der Waals surface area contributed by atoms with E-state index in [1.54, 1.807) is 31.4 Å². The van der Waals surface area contributed by atoms with E-state index in [0.717, 1.165) is 30.6 Å². The number of aromatic nitrogens is 3. The van der Waals surface area contributed by atoms with Crippen molar-refractivity contribution in [3.63, 3.8) is 0 Å². The molecule has 2 aromatic rings. The summed E-state index contributed by atoms with van der Waals surface area (Å²) in [5.41, 5.74) is 1.44. The Hall–Kier alpha value is -2.90. The smallest absolute Gasteiger partial charge is 0.319 e. The minimum atomic E-state index is -0.626. The molecule has 2 saturated heterocycles. The summed E-state index contributed by atoms with van der Waals surface area (Å²) in [4.78, 5) is 36.5. The Balaban J connectivity index is 1.71. The molecule has 3 amide bonds. The molecule has 0 unspecified atom stereocenters. The summed E-state index contributed by atoms with van der Waals surface area (Å²) in [6.45, 7) is 6.44. The van der Waals surface area contributed by atoms with Gasteiger partial charge in [-0.05, 0) is 44.4 Å². The van der Waals surface area contributed by atoms with Crippen LogP contribution in [0.25, 0.3) is 0 Å². The van der Waals surface area contributed by atoms with Gasteiger partial charge in [-0.25, -0.2) is 4.79 Å². The summed E-state index contributed by atoms with van der Waals surface area (Å²) in [6, 6.07) is 6.06. The lowest BCUT2D eigenvalue weighted by molar-refractivity contribution is -0.147. The molecular formula is C23H32N6O2. The highest BCUT2D eigenvalue weighted by atomic mass is 16.2. The second-order valence-corrected chi connectivity index (χ2v) is 9.25. The first-order chi connectivity index (χ1) is 14.8. The van der Waals surface area contributed by atoms with Crippen LogP contribution in [0, 0.1) is 5.41 Å². The van der Waals surface area contributed by atoms with Crippen LogP contribution in [0.4, 0.5) is 4.79 Å². The van der Waals surface area contributed by atoms with E-state index < -0.39 is 5.41 Å². The van der Waals surface area contributed by atoms with E-state index in [1.165, 1.54) is 0 Å². The van der Waals surface area contributed by atoms with Crippen LogP contribution in [0.5, 0.6) is 0 Å². The van der Waals surface area contributed by atoms with Gasteiger partial charge in [0.05, 0.1) is 5.41 Å². The lowest BCUT2D eigenvalue weighted by Crippen LogP contribution is -2.52. The molecule has 0 bridgehead atoms. The van der Waals surface area contributed by atoms with Gasteiger partial charge in [-0.3, -0.25) is 14.5 Å². The number of amides is 3. The van der Waals surface area contributed by atoms with E-state index in [2.05, 4.69) is 23.9 Å². The maximum Gasteiger partial charge on any atom is 0.319 e. The molecule has 1 spiro atoms. The second kappa shape index (κ2) is 8.32. The Labute approximate surface area is 183 Å². The average molecular weight is 425 g/mol. The standard InChI is InChI=1S/C23H32N6O2/c1-17(2)29-20(8-11-25-29)19-15-28(22(31)26(3)4)16-23(19)9-6-12-27(21(23)30)14-18-7-5-10-24-13-18/h5,7-8,10-11,13,17,19H,6,9,12,14-16H2,1-4H3/t19-,23+/m0/s1. The molecule has 2 aliphatic heterocycles. The van der Waals surface area contributed by atoms with Gasteiger partial charge in [-0.2, -0.15) is 5.10 Å². The number of rotatable bonds is 4. The van der Waals surface area contributed by atoms with Gasteiger partial charge in [0.1, 0.15) is 0 Å². The Morgan fingerprint density at radius 1 is 1.29 bits per heavy atom. The van der Waals surface area contributed by atoms with Crippen LogP contribution in [0.15, 0.2) is 36.8 Å². The number of pyridine rings is 1. The zero-order valence-corrected chi connectivity index (χ0v) is 18.9. The quantitative estimate of drug-likeness (QED) is 0.756. The zero-order valence-electron chi connectivity index (χ0n) is 18.9. The summed E-state index contributed by atoms with van der Waals surface area (Å²) < 4.78 is 2.00. The van der Waals surface area contributed by atoms with Crippen molar-refractivity contribution in [2.75, 3.05) is 33.7 Å². The number of nitrogens with zero attached hydrogens (tertiary/aromatic N) is 6. The van der Waals surface area contributed by atoms with Crippen molar-refractivity contribution in [1.82, 2.24) is 29.5 Å². The average Bonchev–Trinajstić information content (AvgIpc) is 3.37. The van der Waals surface area contributed by atoms with E-state index in [4.69, 9.17) is 0 Å². The molecule has 0 aliphatic carbocycles. The third kappa shape index (κ3) is 3.79. The van der Waals surface area contributed by atoms with Crippen LogP contribution in [-0.4, -0.2) is 75.1 Å². The predicted molar refractivity (Wildman–Crippen MR) is 117 cm³/mol. The summed E-state index contributed by atoms with van der Waals surface area (Å²) in [5, 5.41) is 4.52. The first-order valence-electron chi connectivity index (χ1n) is 11.0. The summed E-state index contributed by atoms with van der Waals surface area (Å²) >= 11 is 0. The SMILES string of the molecule is CC(C)n1nccc1[C@@H]1CN(C(=O)N(C)C)C[C@]12CCCN(Cc1cccnc1)C2=O. The highest BCUT2D eigenvalue weighted by Gasteiger charge is 2.57. The van der Waals surface area contributed by atoms with Gasteiger partial charge in [-0.15, -0.1) is 0 Å². The Bertz CT molecular complexity index is 941. The van der Waals surface area contributed by atoms with Gasteiger partial charge in [0.2, 0.25) is 5.91 Å². The lowest BCUT2D eigenvalue weighted by atomic mass is 9.70. The highest BCUT2D eigenvalue weighted by Crippen LogP contribution is 2.50. The van der Waals surface area contributed by atoms with Gasteiger partial charge in [-0.1, -0.05) is 6.07 Å². The van der Waals surface area contributed by atoms with Crippen LogP contribution in [0.2, 0.25) is 0 Å². The van der Waals surface area contributed by atoms with Gasteiger partial charge in [0.15, 0.2) is 0 Å². The van der Waals surface area contributed by atoms with Crippen LogP contribution in [-0.2, 0) is 11.3 Å². The number of hydrogen-bond acceptors (Lipinski definition) is 4. The van der Waals surface area contributed by atoms with Gasteiger partial charge >= 0.3 is 6.03 Å². The van der Waals surface area contributed by atoms with E-state index in [9.17, 15) is 9.59 Å². The fourth-order valence-electron chi connectivity index (χ4n) is 5.19. The van der Waals surface area contributed by atoms with Crippen LogP contribution >= 0.6 is 0 Å². The second-order valence-electron chi connectivity index (χ2n) is 9.25. The molecule has 166 valence electrons. The number of likely N-dealkylation sites (tertiary alicyclic amines) is 2. The van der Waals surface area contributed by atoms with Crippen molar-refractivity contribution in [2.24, 2.45) is 5.41 Å². The highest BCUT2D eigenvalue weighted by molar-refractivity contribution is 5.87. The molecule has 2 atom stereocenters. The topological polar surface area (TPSA) is 74.6 Å². The third-order valence-electron chi connectivity index (χ3n) is 6.60. The number of carbonyl (C=O) groups is 2. The third-order valence-corrected chi connectivity index (χ3v) is 6.60. The maximum absolute atomic E-state index is 14.0. The van der Waals surface area contributed by atoms with E-state index >= 15 is 0 Å². The maximum atomic E-state index is 14.0. The van der Waals surface area contributed by atoms with E-state index in [0.29, 0.717) is 19.6 Å². The lowest BCUT2D eigenvalue weighted by Gasteiger charge is -2.42. The molecule has 0 N–H and O–H groups in total. The molecule has 8 heteroatoms. The Morgan fingerprint density at radius 2 is 2.10 bits per heavy atom. The molecule has 0 saturated carbocycles. The fourth-order valence-corrected chi connectivity index (χ4v) is 5.19. The molecule has 0 radical (unpaired) electrons. The van der Waals surface area contributed by atoms with Crippen LogP contribution < -0.4 is 0 Å². The number of urea groups is 1. The number of carbonyl (C=O) groups excluding carboxylic acids is 2. The molecule has 2 aliphatic rings. The minimum absolute atomic E-state index is 0.0466. The fraction of sp³-hybridized carbons (Fsp3) is 0.565. The minimum Gasteiger partial charge on any atom is -0.338 e. The number of hydrogen-bond donors (Lipinski definition) is 0. The van der Waals surface area contributed by atoms with Gasteiger partial charge < -0.3 is 14.7 Å². The summed E-state index contributed by atoms with van der Waals surface area (Å²) in [5.74, 6) is 0.0589. The monoisotopic (exact) mass is 424 g/mol. The van der Waals surface area contributed by atoms with Crippen molar-refractivity contribution in [1.29, 1.82) is 0 Å². The molecule has 2 aromatic heterocycles. The molecule has 0 aromatic carbocycles. The zero-order chi connectivity index (χ0) is 22.2. The largest absolute Gasteiger partial charge is 0.338 e. The van der Waals surface area contributed by atoms with Crippen molar-refractivity contribution in [3.05, 3.63) is 48.0 Å². The Kier molecular flexibility index (Phi) is 5.73. The first kappa shape index (κ1) is 21.3. The summed E-state index contributed by atoms with van der Waals surface area (Å²) in [6.07, 6.45) is 7.06. The predicted octanol–water partition coefficient (Wildman–Crippen LogP) is 2.75. The van der Waals surface area contributed by atoms with Crippen molar-refractivity contribution < 1.29 is 9.59 Å². The molecule has 2 fully saturated rings. The normalized spacial score (nSPS) is 23.8. The summed E-state index contributed by atoms with van der Waals surface area (Å²) in [7, 11) is 3.52. The first-order valence-corrected chi connectivity index (χ1v) is 11.0. The molecular weight excluding hydrogens is 392 g/mol.